The molecule has 0 saturated carbocycles. The van der Waals surface area contributed by atoms with Gasteiger partial charge in [-0.15, -0.1) is 6.42 Å². The smallest absolute Gasteiger partial charge is 0.255 e. The Morgan fingerprint density at radius 1 is 1.37 bits per heavy atom. The number of pyridine rings is 1. The highest BCUT2D eigenvalue weighted by molar-refractivity contribution is 6.41. The fourth-order valence-electron chi connectivity index (χ4n) is 1.96. The summed E-state index contributed by atoms with van der Waals surface area (Å²) < 4.78 is 0. The Bertz CT molecular complexity index is 519. The standard InChI is InChI=1S/C13H13Cl2N3O/c1-2-3-17-4-6-18(7-5-17)13(19)10-8-11(14)12(15)16-9-10/h1,8-9H,3-7H2. The van der Waals surface area contributed by atoms with Gasteiger partial charge in [0.1, 0.15) is 5.15 Å². The van der Waals surface area contributed by atoms with E-state index in [4.69, 9.17) is 29.6 Å². The van der Waals surface area contributed by atoms with Gasteiger partial charge in [-0.05, 0) is 6.07 Å². The van der Waals surface area contributed by atoms with E-state index in [0.29, 0.717) is 30.2 Å². The van der Waals surface area contributed by atoms with Crippen molar-refractivity contribution in [2.24, 2.45) is 0 Å². The average Bonchev–Trinajstić information content (AvgIpc) is 2.42. The Hall–Kier alpha value is -1.28. The summed E-state index contributed by atoms with van der Waals surface area (Å²) in [5.74, 6) is 2.53. The number of rotatable bonds is 2. The van der Waals surface area contributed by atoms with Crippen molar-refractivity contribution < 1.29 is 4.79 Å². The molecule has 100 valence electrons. The number of terminal acetylenes is 1. The molecule has 1 amide bonds. The number of hydrogen-bond acceptors (Lipinski definition) is 3. The van der Waals surface area contributed by atoms with Crippen molar-refractivity contribution >= 4 is 29.1 Å². The minimum Gasteiger partial charge on any atom is -0.336 e. The van der Waals surface area contributed by atoms with Crippen LogP contribution in [0.4, 0.5) is 0 Å². The summed E-state index contributed by atoms with van der Waals surface area (Å²) >= 11 is 11.6. The van der Waals surface area contributed by atoms with Crippen molar-refractivity contribution in [2.45, 2.75) is 0 Å². The Morgan fingerprint density at radius 3 is 2.63 bits per heavy atom. The third-order valence-electron chi connectivity index (χ3n) is 3.02. The maximum absolute atomic E-state index is 12.3. The molecule has 1 aromatic rings. The van der Waals surface area contributed by atoms with Crippen molar-refractivity contribution in [1.82, 2.24) is 14.8 Å². The highest BCUT2D eigenvalue weighted by Crippen LogP contribution is 2.20. The molecule has 2 rings (SSSR count). The van der Waals surface area contributed by atoms with E-state index in [1.165, 1.54) is 6.20 Å². The first-order chi connectivity index (χ1) is 9.11. The van der Waals surface area contributed by atoms with E-state index < -0.39 is 0 Å². The molecule has 0 N–H and O–H groups in total. The molecule has 1 fully saturated rings. The van der Waals surface area contributed by atoms with E-state index in [0.717, 1.165) is 13.1 Å². The van der Waals surface area contributed by atoms with Gasteiger partial charge in [0.15, 0.2) is 0 Å². The molecule has 6 heteroatoms. The number of halogens is 2. The van der Waals surface area contributed by atoms with E-state index in [-0.39, 0.29) is 11.1 Å². The van der Waals surface area contributed by atoms with E-state index >= 15 is 0 Å². The fraction of sp³-hybridized carbons (Fsp3) is 0.385. The summed E-state index contributed by atoms with van der Waals surface area (Å²) in [7, 11) is 0. The molecule has 1 aliphatic heterocycles. The van der Waals surface area contributed by atoms with Crippen molar-refractivity contribution in [2.75, 3.05) is 32.7 Å². The third kappa shape index (κ3) is 3.38. The summed E-state index contributed by atoms with van der Waals surface area (Å²) in [6.45, 7) is 3.49. The van der Waals surface area contributed by atoms with Crippen LogP contribution >= 0.6 is 23.2 Å². The molecule has 19 heavy (non-hydrogen) atoms. The molecule has 1 saturated heterocycles. The number of piperazine rings is 1. The van der Waals surface area contributed by atoms with E-state index in [1.54, 1.807) is 11.0 Å². The minimum atomic E-state index is -0.0774. The fourth-order valence-corrected chi connectivity index (χ4v) is 2.23. The molecule has 1 aromatic heterocycles. The quantitative estimate of drug-likeness (QED) is 0.617. The molecule has 0 radical (unpaired) electrons. The Labute approximate surface area is 122 Å². The summed E-state index contributed by atoms with van der Waals surface area (Å²) in [4.78, 5) is 20.0. The summed E-state index contributed by atoms with van der Waals surface area (Å²) in [5, 5.41) is 0.496. The van der Waals surface area contributed by atoms with Gasteiger partial charge < -0.3 is 4.90 Å². The largest absolute Gasteiger partial charge is 0.336 e. The lowest BCUT2D eigenvalue weighted by molar-refractivity contribution is 0.0652. The second-order valence-electron chi connectivity index (χ2n) is 4.27. The summed E-state index contributed by atoms with van der Waals surface area (Å²) in [6, 6.07) is 1.55. The van der Waals surface area contributed by atoms with Crippen molar-refractivity contribution in [3.05, 3.63) is 28.0 Å². The molecule has 2 heterocycles. The summed E-state index contributed by atoms with van der Waals surface area (Å²) in [6.07, 6.45) is 6.72. The lowest BCUT2D eigenvalue weighted by Crippen LogP contribution is -2.48. The van der Waals surface area contributed by atoms with Crippen LogP contribution in [0.5, 0.6) is 0 Å². The Balaban J connectivity index is 2.01. The van der Waals surface area contributed by atoms with Crippen LogP contribution in [-0.2, 0) is 0 Å². The molecule has 1 aliphatic rings. The van der Waals surface area contributed by atoms with Gasteiger partial charge >= 0.3 is 0 Å². The highest BCUT2D eigenvalue weighted by atomic mass is 35.5. The zero-order valence-corrected chi connectivity index (χ0v) is 11.8. The van der Waals surface area contributed by atoms with E-state index in [2.05, 4.69) is 15.8 Å². The van der Waals surface area contributed by atoms with Gasteiger partial charge in [-0.25, -0.2) is 4.98 Å². The van der Waals surface area contributed by atoms with Crippen LogP contribution in [0.25, 0.3) is 0 Å². The molecule has 0 aromatic carbocycles. The molecule has 0 bridgehead atoms. The van der Waals surface area contributed by atoms with Gasteiger partial charge in [0.2, 0.25) is 0 Å². The zero-order valence-electron chi connectivity index (χ0n) is 10.3. The van der Waals surface area contributed by atoms with Gasteiger partial charge in [0, 0.05) is 32.4 Å². The number of hydrogen-bond donors (Lipinski definition) is 0. The van der Waals surface area contributed by atoms with Crippen molar-refractivity contribution in [3.63, 3.8) is 0 Å². The van der Waals surface area contributed by atoms with Gasteiger partial charge in [0.25, 0.3) is 5.91 Å². The van der Waals surface area contributed by atoms with Gasteiger partial charge in [-0.1, -0.05) is 29.1 Å². The second-order valence-corrected chi connectivity index (χ2v) is 5.03. The predicted molar refractivity (Wildman–Crippen MR) is 75.4 cm³/mol. The third-order valence-corrected chi connectivity index (χ3v) is 3.70. The van der Waals surface area contributed by atoms with Gasteiger partial charge in [-0.2, -0.15) is 0 Å². The molecule has 0 atom stereocenters. The second kappa shape index (κ2) is 6.25. The lowest BCUT2D eigenvalue weighted by Gasteiger charge is -2.33. The summed E-state index contributed by atoms with van der Waals surface area (Å²) in [5.41, 5.74) is 0.458. The molecule has 0 spiro atoms. The van der Waals surface area contributed by atoms with Crippen LogP contribution in [0.3, 0.4) is 0 Å². The lowest BCUT2D eigenvalue weighted by atomic mass is 10.2. The Kier molecular flexibility index (Phi) is 4.65. The van der Waals surface area contributed by atoms with Crippen LogP contribution in [0.1, 0.15) is 10.4 Å². The van der Waals surface area contributed by atoms with E-state index in [1.807, 2.05) is 0 Å². The Morgan fingerprint density at radius 2 is 2.05 bits per heavy atom. The maximum Gasteiger partial charge on any atom is 0.255 e. The molecular formula is C13H13Cl2N3O. The molecule has 0 unspecified atom stereocenters. The van der Waals surface area contributed by atoms with Crippen LogP contribution in [0, 0.1) is 12.3 Å². The van der Waals surface area contributed by atoms with Gasteiger partial charge in [-0.3, -0.25) is 9.69 Å². The monoisotopic (exact) mass is 297 g/mol. The minimum absolute atomic E-state index is 0.0774. The molecule has 4 nitrogen and oxygen atoms in total. The maximum atomic E-state index is 12.3. The zero-order chi connectivity index (χ0) is 13.8. The van der Waals surface area contributed by atoms with Crippen LogP contribution in [0.15, 0.2) is 12.3 Å². The topological polar surface area (TPSA) is 36.4 Å². The molecular weight excluding hydrogens is 285 g/mol. The number of amides is 1. The predicted octanol–water partition coefficient (Wildman–Crippen LogP) is 1.78. The van der Waals surface area contributed by atoms with E-state index in [9.17, 15) is 4.79 Å². The van der Waals surface area contributed by atoms with Crippen LogP contribution in [0.2, 0.25) is 10.2 Å². The average molecular weight is 298 g/mol. The number of carbonyl (C=O) groups is 1. The first-order valence-electron chi connectivity index (χ1n) is 5.88. The van der Waals surface area contributed by atoms with Crippen molar-refractivity contribution in [3.8, 4) is 12.3 Å². The number of carbonyl (C=O) groups excluding carboxylic acids is 1. The number of nitrogens with zero attached hydrogens (tertiary/aromatic N) is 3. The van der Waals surface area contributed by atoms with Crippen LogP contribution < -0.4 is 0 Å². The highest BCUT2D eigenvalue weighted by Gasteiger charge is 2.22. The molecule has 0 aliphatic carbocycles. The SMILES string of the molecule is C#CCN1CCN(C(=O)c2cnc(Cl)c(Cl)c2)CC1. The normalized spacial score (nSPS) is 16.2. The number of aromatic nitrogens is 1. The van der Waals surface area contributed by atoms with Gasteiger partial charge in [0.05, 0.1) is 17.1 Å². The van der Waals surface area contributed by atoms with Crippen molar-refractivity contribution in [1.29, 1.82) is 0 Å². The first-order valence-corrected chi connectivity index (χ1v) is 6.63. The first kappa shape index (κ1) is 14.1. The van der Waals surface area contributed by atoms with Crippen LogP contribution in [-0.4, -0.2) is 53.4 Å².